The number of aromatic hydroxyl groups is 1. The van der Waals surface area contributed by atoms with Gasteiger partial charge in [0.2, 0.25) is 0 Å². The number of benzene rings is 2. The Morgan fingerprint density at radius 1 is 1.23 bits per heavy atom. The number of aryl methyl sites for hydroxylation is 1. The van der Waals surface area contributed by atoms with Crippen LogP contribution in [0, 0.1) is 6.92 Å². The second kappa shape index (κ2) is 6.79. The number of nitrogens with zero attached hydrogens (tertiary/aromatic N) is 2. The van der Waals surface area contributed by atoms with Crippen LogP contribution in [0.2, 0.25) is 0 Å². The summed E-state index contributed by atoms with van der Waals surface area (Å²) >= 11 is 0. The molecule has 1 N–H and O–H groups in total. The van der Waals surface area contributed by atoms with Crippen LogP contribution in [0.3, 0.4) is 0 Å². The van der Waals surface area contributed by atoms with Crippen molar-refractivity contribution in [3.05, 3.63) is 53.1 Å². The molecule has 0 radical (unpaired) electrons. The molecule has 0 unspecified atom stereocenters. The maximum atomic E-state index is 9.92. The third-order valence-corrected chi connectivity index (χ3v) is 5.40. The monoisotopic (exact) mass is 350 g/mol. The normalized spacial score (nSPS) is 19.2. The van der Waals surface area contributed by atoms with Gasteiger partial charge in [-0.25, -0.2) is 0 Å². The van der Waals surface area contributed by atoms with Crippen molar-refractivity contribution in [1.29, 1.82) is 0 Å². The van der Waals surface area contributed by atoms with Crippen LogP contribution in [0.5, 0.6) is 5.75 Å². The average Bonchev–Trinajstić information content (AvgIpc) is 2.53. The van der Waals surface area contributed by atoms with Crippen molar-refractivity contribution in [3.63, 3.8) is 0 Å². The molecular weight excluding hydrogens is 320 g/mol. The molecule has 1 atom stereocenters. The Bertz CT molecular complexity index is 836. The number of hydrogen-bond acceptors (Lipinski definition) is 3. The zero-order valence-electron chi connectivity index (χ0n) is 16.7. The summed E-state index contributed by atoms with van der Waals surface area (Å²) in [6.45, 7) is 13.7. The van der Waals surface area contributed by atoms with Crippen molar-refractivity contribution in [3.8, 4) is 5.75 Å². The molecule has 0 bridgehead atoms. The molecule has 1 aliphatic heterocycles. The van der Waals surface area contributed by atoms with Gasteiger partial charge in [0.25, 0.3) is 0 Å². The van der Waals surface area contributed by atoms with Crippen LogP contribution in [-0.2, 0) is 0 Å². The lowest BCUT2D eigenvalue weighted by atomic mass is 9.78. The summed E-state index contributed by atoms with van der Waals surface area (Å²) in [6, 6.07) is 12.2. The van der Waals surface area contributed by atoms with E-state index in [0.717, 1.165) is 12.0 Å². The summed E-state index contributed by atoms with van der Waals surface area (Å²) in [6.07, 6.45) is 3.01. The average molecular weight is 351 g/mol. The van der Waals surface area contributed by atoms with Crippen LogP contribution in [0.15, 0.2) is 41.4 Å². The van der Waals surface area contributed by atoms with Crippen molar-refractivity contribution in [2.45, 2.75) is 65.5 Å². The maximum absolute atomic E-state index is 9.92. The first-order valence-electron chi connectivity index (χ1n) is 9.46. The number of hydrogen-bond donors (Lipinski definition) is 1. The van der Waals surface area contributed by atoms with E-state index in [1.165, 1.54) is 16.8 Å². The largest absolute Gasteiger partial charge is 0.506 e. The second-order valence-corrected chi connectivity index (χ2v) is 8.40. The van der Waals surface area contributed by atoms with Gasteiger partial charge < -0.3 is 10.0 Å². The van der Waals surface area contributed by atoms with E-state index in [2.05, 4.69) is 63.6 Å². The Hall–Kier alpha value is -2.29. The summed E-state index contributed by atoms with van der Waals surface area (Å²) < 4.78 is 0. The Labute approximate surface area is 157 Å². The SMILES string of the molecule is Cc1cc2c(cc1C=Nc1ccccc1O)[C@@H](C)CC(C)(C)N2C(C)C. The van der Waals surface area contributed by atoms with Gasteiger partial charge in [-0.2, -0.15) is 0 Å². The molecule has 26 heavy (non-hydrogen) atoms. The van der Waals surface area contributed by atoms with Crippen molar-refractivity contribution < 1.29 is 5.11 Å². The Morgan fingerprint density at radius 3 is 2.58 bits per heavy atom. The fraction of sp³-hybridized carbons (Fsp3) is 0.435. The summed E-state index contributed by atoms with van der Waals surface area (Å²) in [5.41, 5.74) is 5.81. The smallest absolute Gasteiger partial charge is 0.141 e. The van der Waals surface area contributed by atoms with Gasteiger partial charge in [-0.3, -0.25) is 4.99 Å². The zero-order valence-corrected chi connectivity index (χ0v) is 16.7. The van der Waals surface area contributed by atoms with Crippen LogP contribution >= 0.6 is 0 Å². The molecule has 2 aromatic rings. The number of anilines is 1. The highest BCUT2D eigenvalue weighted by molar-refractivity contribution is 5.86. The fourth-order valence-electron chi connectivity index (χ4n) is 4.44. The van der Waals surface area contributed by atoms with E-state index in [9.17, 15) is 5.11 Å². The van der Waals surface area contributed by atoms with E-state index >= 15 is 0 Å². The van der Waals surface area contributed by atoms with E-state index in [-0.39, 0.29) is 11.3 Å². The molecule has 0 saturated heterocycles. The molecule has 2 aromatic carbocycles. The Balaban J connectivity index is 2.05. The van der Waals surface area contributed by atoms with Crippen LogP contribution in [-0.4, -0.2) is 22.9 Å². The van der Waals surface area contributed by atoms with Gasteiger partial charge in [-0.1, -0.05) is 19.1 Å². The lowest BCUT2D eigenvalue weighted by molar-refractivity contribution is 0.356. The summed E-state index contributed by atoms with van der Waals surface area (Å²) in [5.74, 6) is 0.716. The quantitative estimate of drug-likeness (QED) is 0.694. The third kappa shape index (κ3) is 3.35. The van der Waals surface area contributed by atoms with Crippen molar-refractivity contribution in [1.82, 2.24) is 0 Å². The molecule has 1 heterocycles. The standard InChI is InChI=1S/C23H30N2O/c1-15(2)25-21-11-16(3)18(12-19(21)17(4)13-23(25,5)6)14-24-20-9-7-8-10-22(20)26/h7-12,14-15,17,26H,13H2,1-6H3/t17-/m0/s1. The summed E-state index contributed by atoms with van der Waals surface area (Å²) in [4.78, 5) is 7.06. The van der Waals surface area contributed by atoms with E-state index in [4.69, 9.17) is 0 Å². The first-order chi connectivity index (χ1) is 12.2. The molecule has 0 fully saturated rings. The molecule has 3 rings (SSSR count). The predicted molar refractivity (Wildman–Crippen MR) is 111 cm³/mol. The number of phenols is 1. The highest BCUT2D eigenvalue weighted by Crippen LogP contribution is 2.45. The highest BCUT2D eigenvalue weighted by Gasteiger charge is 2.37. The van der Waals surface area contributed by atoms with Crippen molar-refractivity contribution in [2.75, 3.05) is 4.90 Å². The predicted octanol–water partition coefficient (Wildman–Crippen LogP) is 5.95. The van der Waals surface area contributed by atoms with Crippen LogP contribution in [0.1, 0.15) is 63.6 Å². The minimum absolute atomic E-state index is 0.151. The van der Waals surface area contributed by atoms with Crippen molar-refractivity contribution in [2.24, 2.45) is 4.99 Å². The van der Waals surface area contributed by atoms with Crippen molar-refractivity contribution >= 4 is 17.6 Å². The minimum atomic E-state index is 0.151. The summed E-state index contributed by atoms with van der Waals surface area (Å²) in [7, 11) is 0. The van der Waals surface area contributed by atoms with Gasteiger partial charge in [0, 0.05) is 23.5 Å². The van der Waals surface area contributed by atoms with Gasteiger partial charge in [-0.15, -0.1) is 0 Å². The Morgan fingerprint density at radius 2 is 1.92 bits per heavy atom. The molecule has 138 valence electrons. The van der Waals surface area contributed by atoms with Gasteiger partial charge in [0.15, 0.2) is 0 Å². The number of para-hydroxylation sites is 2. The van der Waals surface area contributed by atoms with Crippen LogP contribution < -0.4 is 4.90 Å². The molecule has 1 aliphatic rings. The number of aliphatic imine (C=N–C) groups is 1. The van der Waals surface area contributed by atoms with Crippen LogP contribution in [0.4, 0.5) is 11.4 Å². The van der Waals surface area contributed by atoms with E-state index < -0.39 is 0 Å². The lowest BCUT2D eigenvalue weighted by Crippen LogP contribution is -2.51. The van der Waals surface area contributed by atoms with Gasteiger partial charge in [0.05, 0.1) is 0 Å². The topological polar surface area (TPSA) is 35.8 Å². The molecule has 0 aliphatic carbocycles. The second-order valence-electron chi connectivity index (χ2n) is 8.40. The zero-order chi connectivity index (χ0) is 19.1. The molecule has 3 nitrogen and oxygen atoms in total. The first kappa shape index (κ1) is 18.5. The van der Waals surface area contributed by atoms with Crippen LogP contribution in [0.25, 0.3) is 0 Å². The summed E-state index contributed by atoms with van der Waals surface area (Å²) in [5, 5.41) is 9.92. The number of phenolic OH excluding ortho intramolecular Hbond substituents is 1. The maximum Gasteiger partial charge on any atom is 0.141 e. The molecule has 0 amide bonds. The third-order valence-electron chi connectivity index (χ3n) is 5.40. The lowest BCUT2D eigenvalue weighted by Gasteiger charge is -2.50. The molecule has 0 aromatic heterocycles. The molecule has 0 saturated carbocycles. The van der Waals surface area contributed by atoms with Gasteiger partial charge >= 0.3 is 0 Å². The molecule has 3 heteroatoms. The van der Waals surface area contributed by atoms with Gasteiger partial charge in [-0.05, 0) is 87.9 Å². The first-order valence-corrected chi connectivity index (χ1v) is 9.46. The molecular formula is C23H30N2O. The van der Waals surface area contributed by atoms with E-state index in [1.54, 1.807) is 6.07 Å². The molecule has 0 spiro atoms. The highest BCUT2D eigenvalue weighted by atomic mass is 16.3. The van der Waals surface area contributed by atoms with Gasteiger partial charge in [0.1, 0.15) is 11.4 Å². The fourth-order valence-corrected chi connectivity index (χ4v) is 4.44. The number of fused-ring (bicyclic) bond motifs is 1. The van der Waals surface area contributed by atoms with E-state index in [0.29, 0.717) is 17.6 Å². The minimum Gasteiger partial charge on any atom is -0.506 e. The Kier molecular flexibility index (Phi) is 4.83. The number of rotatable bonds is 3. The van der Waals surface area contributed by atoms with E-state index in [1.807, 2.05) is 24.4 Å².